The number of aliphatic hydroxyl groups is 1. The van der Waals surface area contributed by atoms with Crippen LogP contribution in [-0.4, -0.2) is 74.9 Å². The Bertz CT molecular complexity index is 1940. The van der Waals surface area contributed by atoms with Crippen LogP contribution in [0.1, 0.15) is 78.5 Å². The molecule has 1 atom stereocenters. The van der Waals surface area contributed by atoms with Crippen LogP contribution in [0.5, 0.6) is 0 Å². The first kappa shape index (κ1) is 36.3. The Hall–Kier alpha value is -4.96. The fourth-order valence-corrected chi connectivity index (χ4v) is 6.55. The summed E-state index contributed by atoms with van der Waals surface area (Å²) in [5.74, 6) is -0.992. The topological polar surface area (TPSA) is 135 Å². The van der Waals surface area contributed by atoms with Gasteiger partial charge in [0.15, 0.2) is 0 Å². The molecule has 4 N–H and O–H groups in total. The number of carbonyl (C=O) groups excluding carboxylic acids is 2. The molecule has 0 saturated heterocycles. The van der Waals surface area contributed by atoms with Crippen LogP contribution in [0.3, 0.4) is 0 Å². The number of carboxylic acids is 1. The predicted octanol–water partition coefficient (Wildman–Crippen LogP) is 5.66. The Kier molecular flexibility index (Phi) is 11.7. The van der Waals surface area contributed by atoms with Gasteiger partial charge < -0.3 is 30.2 Å². The van der Waals surface area contributed by atoms with E-state index in [1.54, 1.807) is 12.1 Å². The molecule has 0 spiro atoms. The van der Waals surface area contributed by atoms with Gasteiger partial charge in [-0.3, -0.25) is 9.59 Å². The van der Waals surface area contributed by atoms with Gasteiger partial charge in [0.25, 0.3) is 5.91 Å². The molecule has 2 aromatic rings. The van der Waals surface area contributed by atoms with E-state index in [1.165, 1.54) is 6.07 Å². The minimum atomic E-state index is -1.13. The highest BCUT2D eigenvalue weighted by Gasteiger charge is 2.29. The summed E-state index contributed by atoms with van der Waals surface area (Å²) >= 11 is 0. The summed E-state index contributed by atoms with van der Waals surface area (Å²) in [5.41, 5.74) is 2.91. The molecular weight excluding hydrogens is 632 g/mol. The molecule has 1 heterocycles. The van der Waals surface area contributed by atoms with Crippen LogP contribution < -0.4 is 25.5 Å². The van der Waals surface area contributed by atoms with Crippen LogP contribution >= 0.6 is 0 Å². The Labute approximate surface area is 293 Å². The smallest absolute Gasteiger partial charge is 0.336 e. The summed E-state index contributed by atoms with van der Waals surface area (Å²) in [6.45, 7) is 0.928. The SMILES string of the molecule is CN(C)c1ccc2c(-c3ccc(C(=O)NCCCCCNC(=O)C[C@]4(O)CC/C=C/CCC4)cc3C(=O)O)c3ccc(=[N+](C)C)cc-3oc2c1. The number of benzene rings is 3. The summed E-state index contributed by atoms with van der Waals surface area (Å²) in [6, 6.07) is 16.5. The maximum Gasteiger partial charge on any atom is 0.336 e. The van der Waals surface area contributed by atoms with Crippen molar-refractivity contribution in [2.45, 2.75) is 63.4 Å². The standard InChI is InChI=1S/C40H48N4O6/c1-43(2)28-14-17-31-34(24-28)50-35-25-29(44(3)4)15-18-32(35)37(31)30-16-13-27(23-33(30)39(47)48)38(46)42-22-12-8-11-21-41-36(45)26-40(49)19-9-6-5-7-10-20-40/h5-6,13-18,23-25,49H,7-12,19-22,26H2,1-4H3,(H2-,41,42,45,46,47,48)/p+1/b6-5+/t40-/m0/s1. The molecule has 10 heteroatoms. The molecule has 0 saturated carbocycles. The van der Waals surface area contributed by atoms with Crippen LogP contribution in [0, 0.1) is 0 Å². The zero-order valence-corrected chi connectivity index (χ0v) is 29.6. The maximum atomic E-state index is 13.1. The molecule has 2 aromatic carbocycles. The van der Waals surface area contributed by atoms with Crippen molar-refractivity contribution in [3.63, 3.8) is 0 Å². The van der Waals surface area contributed by atoms with Gasteiger partial charge in [0.1, 0.15) is 25.4 Å². The number of hydrogen-bond donors (Lipinski definition) is 4. The lowest BCUT2D eigenvalue weighted by atomic mass is 9.86. The average molecular weight is 682 g/mol. The Morgan fingerprint density at radius 1 is 0.880 bits per heavy atom. The number of fused-ring (bicyclic) bond motifs is 2. The number of carboxylic acid groups (broad SMARTS) is 1. The van der Waals surface area contributed by atoms with Crippen molar-refractivity contribution in [3.05, 3.63) is 83.2 Å². The highest BCUT2D eigenvalue weighted by molar-refractivity contribution is 6.09. The van der Waals surface area contributed by atoms with Crippen LogP contribution in [0.15, 0.2) is 71.2 Å². The van der Waals surface area contributed by atoms with E-state index in [-0.39, 0.29) is 29.4 Å². The van der Waals surface area contributed by atoms with Gasteiger partial charge >= 0.3 is 5.97 Å². The van der Waals surface area contributed by atoms with E-state index in [2.05, 4.69) is 22.8 Å². The van der Waals surface area contributed by atoms with Crippen molar-refractivity contribution in [1.82, 2.24) is 15.2 Å². The highest BCUT2D eigenvalue weighted by atomic mass is 16.4. The molecule has 2 aliphatic carbocycles. The molecule has 10 nitrogen and oxygen atoms in total. The van der Waals surface area contributed by atoms with Crippen molar-refractivity contribution in [3.8, 4) is 22.5 Å². The number of rotatable bonds is 12. The van der Waals surface area contributed by atoms with Crippen molar-refractivity contribution in [2.75, 3.05) is 46.2 Å². The van der Waals surface area contributed by atoms with E-state index in [0.29, 0.717) is 49.3 Å². The first-order valence-electron chi connectivity index (χ1n) is 17.4. The molecule has 0 fully saturated rings. The van der Waals surface area contributed by atoms with Gasteiger partial charge in [-0.1, -0.05) is 18.2 Å². The predicted molar refractivity (Wildman–Crippen MR) is 198 cm³/mol. The molecule has 0 aromatic heterocycles. The minimum Gasteiger partial charge on any atom is -0.478 e. The quantitative estimate of drug-likeness (QED) is 0.0656. The summed E-state index contributed by atoms with van der Waals surface area (Å²) < 4.78 is 8.37. The number of nitrogens with one attached hydrogen (secondary N) is 2. The number of aromatic carboxylic acids is 1. The molecular formula is C40H49N4O6+. The minimum absolute atomic E-state index is 0.0242. The average Bonchev–Trinajstić information content (AvgIpc) is 3.07. The monoisotopic (exact) mass is 681 g/mol. The third-order valence-corrected chi connectivity index (χ3v) is 9.41. The molecule has 0 bridgehead atoms. The van der Waals surface area contributed by atoms with Crippen LogP contribution in [0.25, 0.3) is 33.4 Å². The van der Waals surface area contributed by atoms with E-state index in [0.717, 1.165) is 59.7 Å². The number of nitrogens with zero attached hydrogens (tertiary/aromatic N) is 2. The number of unbranched alkanes of at least 4 members (excludes halogenated alkanes) is 2. The first-order chi connectivity index (χ1) is 24.0. The number of anilines is 1. The number of allylic oxidation sites excluding steroid dienone is 2. The lowest BCUT2D eigenvalue weighted by Gasteiger charge is -2.28. The van der Waals surface area contributed by atoms with Gasteiger partial charge in [-0.15, -0.1) is 0 Å². The summed E-state index contributed by atoms with van der Waals surface area (Å²) in [6.07, 6.45) is 10.4. The fraction of sp³-hybridized carbons (Fsp3) is 0.400. The fourth-order valence-electron chi connectivity index (χ4n) is 6.55. The van der Waals surface area contributed by atoms with Crippen molar-refractivity contribution >= 4 is 34.4 Å². The zero-order chi connectivity index (χ0) is 35.8. The normalized spacial score (nSPS) is 16.7. The molecule has 1 aliphatic heterocycles. The molecule has 5 rings (SSSR count). The Morgan fingerprint density at radius 2 is 1.62 bits per heavy atom. The maximum absolute atomic E-state index is 13.1. The Balaban J connectivity index is 1.25. The van der Waals surface area contributed by atoms with Gasteiger partial charge in [0.05, 0.1) is 23.7 Å². The van der Waals surface area contributed by atoms with Crippen LogP contribution in [0.4, 0.5) is 5.69 Å². The van der Waals surface area contributed by atoms with Crippen LogP contribution in [-0.2, 0) is 4.79 Å². The van der Waals surface area contributed by atoms with Gasteiger partial charge in [-0.05, 0) is 87.3 Å². The molecule has 0 radical (unpaired) electrons. The van der Waals surface area contributed by atoms with Crippen LogP contribution in [0.2, 0.25) is 0 Å². The van der Waals surface area contributed by atoms with Crippen molar-refractivity contribution in [2.24, 2.45) is 0 Å². The second-order valence-corrected chi connectivity index (χ2v) is 13.7. The number of carbonyl (C=O) groups is 3. The third kappa shape index (κ3) is 8.79. The zero-order valence-electron chi connectivity index (χ0n) is 29.6. The van der Waals surface area contributed by atoms with Gasteiger partial charge in [0.2, 0.25) is 11.3 Å². The number of amides is 2. The number of hydrogen-bond acceptors (Lipinski definition) is 6. The highest BCUT2D eigenvalue weighted by Crippen LogP contribution is 2.42. The van der Waals surface area contributed by atoms with E-state index < -0.39 is 11.6 Å². The molecule has 2 amide bonds. The van der Waals surface area contributed by atoms with Crippen molar-refractivity contribution < 1.29 is 29.0 Å². The lowest BCUT2D eigenvalue weighted by molar-refractivity contribution is -0.126. The Morgan fingerprint density at radius 3 is 2.36 bits per heavy atom. The summed E-state index contributed by atoms with van der Waals surface area (Å²) in [7, 11) is 7.80. The van der Waals surface area contributed by atoms with Gasteiger partial charge in [-0.2, -0.15) is 0 Å². The molecule has 0 unspecified atom stereocenters. The van der Waals surface area contributed by atoms with Gasteiger partial charge in [-0.25, -0.2) is 9.37 Å². The van der Waals surface area contributed by atoms with E-state index in [1.807, 2.05) is 74.1 Å². The second-order valence-electron chi connectivity index (χ2n) is 13.7. The first-order valence-corrected chi connectivity index (χ1v) is 17.4. The molecule has 3 aliphatic rings. The largest absolute Gasteiger partial charge is 0.478 e. The lowest BCUT2D eigenvalue weighted by Crippen LogP contribution is -2.37. The summed E-state index contributed by atoms with van der Waals surface area (Å²) in [5, 5.41) is 28.7. The third-order valence-electron chi connectivity index (χ3n) is 9.41. The van der Waals surface area contributed by atoms with E-state index >= 15 is 0 Å². The van der Waals surface area contributed by atoms with Crippen molar-refractivity contribution in [1.29, 1.82) is 0 Å². The molecule has 50 heavy (non-hydrogen) atoms. The van der Waals surface area contributed by atoms with E-state index in [9.17, 15) is 24.6 Å². The van der Waals surface area contributed by atoms with E-state index in [4.69, 9.17) is 4.42 Å². The summed E-state index contributed by atoms with van der Waals surface area (Å²) in [4.78, 5) is 40.2. The molecule has 264 valence electrons. The second kappa shape index (κ2) is 16.2. The van der Waals surface area contributed by atoms with Gasteiger partial charge in [0, 0.05) is 67.1 Å².